The maximum Gasteiger partial charge on any atom is 0.234 e. The molecule has 2 amide bonds. The van der Waals surface area contributed by atoms with E-state index in [1.807, 2.05) is 18.3 Å². The molecule has 0 aliphatic carbocycles. The van der Waals surface area contributed by atoms with E-state index in [0.717, 1.165) is 128 Å². The van der Waals surface area contributed by atoms with E-state index in [9.17, 15) is 9.59 Å². The average Bonchev–Trinajstić information content (AvgIpc) is 3.68. The molecule has 4 aliphatic heterocycles. The number of nitrogens with zero attached hydrogens (tertiary/aromatic N) is 7. The summed E-state index contributed by atoms with van der Waals surface area (Å²) in [5.74, 6) is 0.998. The first kappa shape index (κ1) is 39.1. The van der Waals surface area contributed by atoms with Gasteiger partial charge in [-0.2, -0.15) is 0 Å². The maximum absolute atomic E-state index is 12.3. The van der Waals surface area contributed by atoms with Crippen molar-refractivity contribution in [1.29, 1.82) is 0 Å². The first-order valence-electron chi connectivity index (χ1n) is 20.8. The lowest BCUT2D eigenvalue weighted by molar-refractivity contribution is -0.134. The summed E-state index contributed by atoms with van der Waals surface area (Å²) in [5, 5.41) is 3.25. The molecule has 11 nitrogen and oxygen atoms in total. The summed E-state index contributed by atoms with van der Waals surface area (Å²) in [6, 6.07) is 25.4. The second-order valence-corrected chi connectivity index (χ2v) is 17.7. The summed E-state index contributed by atoms with van der Waals surface area (Å²) in [7, 11) is 0. The van der Waals surface area contributed by atoms with Crippen LogP contribution in [-0.2, 0) is 22.7 Å². The number of piperidine rings is 2. The van der Waals surface area contributed by atoms with Crippen LogP contribution < -0.4 is 15.1 Å². The first-order chi connectivity index (χ1) is 28.3. The molecule has 0 bridgehead atoms. The van der Waals surface area contributed by atoms with E-state index in [0.29, 0.717) is 12.8 Å². The van der Waals surface area contributed by atoms with Crippen LogP contribution in [0.3, 0.4) is 0 Å². The Morgan fingerprint density at radius 3 is 1.98 bits per heavy atom. The van der Waals surface area contributed by atoms with E-state index < -0.39 is 0 Å². The number of imide groups is 1. The topological polar surface area (TPSA) is 104 Å². The van der Waals surface area contributed by atoms with Crippen molar-refractivity contribution in [2.75, 3.05) is 81.8 Å². The van der Waals surface area contributed by atoms with Gasteiger partial charge in [-0.1, -0.05) is 60.1 Å². The van der Waals surface area contributed by atoms with Crippen LogP contribution in [0.15, 0.2) is 83.5 Å². The Balaban J connectivity index is 0.731. The summed E-state index contributed by atoms with van der Waals surface area (Å²) >= 11 is 9.90. The predicted molar refractivity (Wildman–Crippen MR) is 234 cm³/mol. The maximum atomic E-state index is 12.3. The zero-order valence-corrected chi connectivity index (χ0v) is 35.2. The monoisotopic (exact) mass is 863 g/mol. The van der Waals surface area contributed by atoms with Gasteiger partial charge in [0.1, 0.15) is 11.3 Å². The molecule has 0 saturated carbocycles. The molecule has 4 aliphatic rings. The number of fused-ring (bicyclic) bond motifs is 1. The number of hydrogen-bond donors (Lipinski definition) is 2. The van der Waals surface area contributed by atoms with Gasteiger partial charge in [0.25, 0.3) is 0 Å². The highest BCUT2D eigenvalue weighted by Gasteiger charge is 2.29. The smallest absolute Gasteiger partial charge is 0.234 e. The third-order valence-corrected chi connectivity index (χ3v) is 13.4. The fourth-order valence-electron chi connectivity index (χ4n) is 9.17. The minimum Gasteiger partial charge on any atom is -0.372 e. The van der Waals surface area contributed by atoms with Gasteiger partial charge in [0, 0.05) is 114 Å². The lowest BCUT2D eigenvalue weighted by atomic mass is 9.90. The largest absolute Gasteiger partial charge is 0.372 e. The van der Waals surface area contributed by atoms with Crippen molar-refractivity contribution < 1.29 is 9.59 Å². The van der Waals surface area contributed by atoms with Crippen molar-refractivity contribution in [2.45, 2.75) is 44.7 Å². The van der Waals surface area contributed by atoms with E-state index in [1.54, 1.807) is 0 Å². The number of pyridine rings is 1. The van der Waals surface area contributed by atoms with Crippen molar-refractivity contribution in [3.8, 4) is 11.4 Å². The van der Waals surface area contributed by atoms with Gasteiger partial charge >= 0.3 is 0 Å². The Bertz CT molecular complexity index is 2210. The number of benzene rings is 3. The highest BCUT2D eigenvalue weighted by atomic mass is 79.9. The number of H-pyrrole nitrogens is 1. The molecule has 9 rings (SSSR count). The highest BCUT2D eigenvalue weighted by Crippen LogP contribution is 2.35. The molecular weight excluding hydrogens is 814 g/mol. The fraction of sp³-hybridized carbons (Fsp3) is 0.422. The number of imidazole rings is 1. The lowest BCUT2D eigenvalue weighted by Gasteiger charge is -2.39. The first-order valence-corrected chi connectivity index (χ1v) is 22.0. The SMILES string of the molecule is O=C1CC[C@H](c2ccc(N3CCC(CN4CCN(Cc5ccc(-c6nc7ncc(Br)c(N8CCN(Cc9ccc(Cl)cc9)CC8)c7[nH]6)cc5)CC4)CC3)cc2)C(=O)N1. The van der Waals surface area contributed by atoms with Gasteiger partial charge in [0.15, 0.2) is 5.65 Å². The molecule has 0 spiro atoms. The number of carbonyl (C=O) groups is 2. The van der Waals surface area contributed by atoms with Crippen molar-refractivity contribution in [1.82, 2.24) is 35.0 Å². The van der Waals surface area contributed by atoms with Crippen molar-refractivity contribution >= 4 is 61.9 Å². The van der Waals surface area contributed by atoms with Crippen molar-refractivity contribution in [2.24, 2.45) is 5.92 Å². The molecule has 2 N–H and O–H groups in total. The number of amides is 2. The van der Waals surface area contributed by atoms with E-state index >= 15 is 0 Å². The van der Waals surface area contributed by atoms with Crippen molar-refractivity contribution in [3.05, 3.63) is 105 Å². The molecule has 0 unspecified atom stereocenters. The third-order valence-electron chi connectivity index (χ3n) is 12.6. The molecule has 13 heteroatoms. The molecule has 2 aromatic heterocycles. The Morgan fingerprint density at radius 2 is 1.33 bits per heavy atom. The van der Waals surface area contributed by atoms with Crippen LogP contribution in [0.5, 0.6) is 0 Å². The van der Waals surface area contributed by atoms with Crippen LogP contribution in [0.1, 0.15) is 48.3 Å². The predicted octanol–water partition coefficient (Wildman–Crippen LogP) is 6.92. The van der Waals surface area contributed by atoms with Gasteiger partial charge < -0.3 is 19.7 Å². The molecule has 58 heavy (non-hydrogen) atoms. The molecule has 1 atom stereocenters. The molecule has 0 radical (unpaired) electrons. The number of aromatic nitrogens is 3. The molecule has 5 aromatic rings. The standard InChI is InChI=1S/C45H51BrClN9O2/c46-39-27-48-44-41(42(39)56-25-23-54(24-26-56)29-32-3-9-36(47)10-4-32)50-43(51-44)35-5-1-31(2-6-35)28-52-19-21-53(22-20-52)30-33-15-17-55(18-16-33)37-11-7-34(8-12-37)38-13-14-40(57)49-45(38)58/h1-12,27,33,38H,13-26,28-30H2,(H,48,50,51)(H,49,57,58)/t38-/m1/s1. The molecule has 4 saturated heterocycles. The van der Waals surface area contributed by atoms with Gasteiger partial charge in [0.2, 0.25) is 11.8 Å². The Morgan fingerprint density at radius 1 is 0.707 bits per heavy atom. The zero-order chi connectivity index (χ0) is 39.6. The van der Waals surface area contributed by atoms with E-state index in [-0.39, 0.29) is 17.7 Å². The van der Waals surface area contributed by atoms with Gasteiger partial charge in [0.05, 0.1) is 16.1 Å². The van der Waals surface area contributed by atoms with Crippen LogP contribution in [-0.4, -0.2) is 113 Å². The summed E-state index contributed by atoms with van der Waals surface area (Å²) in [6.45, 7) is 13.4. The van der Waals surface area contributed by atoms with E-state index in [1.165, 1.54) is 36.2 Å². The van der Waals surface area contributed by atoms with E-state index in [4.69, 9.17) is 16.6 Å². The molecule has 3 aromatic carbocycles. The summed E-state index contributed by atoms with van der Waals surface area (Å²) in [5.41, 5.74) is 8.74. The molecular formula is C45H51BrClN9O2. The minimum absolute atomic E-state index is 0.167. The molecule has 4 fully saturated rings. The number of carbonyl (C=O) groups excluding carboxylic acids is 2. The quantitative estimate of drug-likeness (QED) is 0.145. The normalized spacial score (nSPS) is 20.6. The number of anilines is 2. The Labute approximate surface area is 353 Å². The van der Waals surface area contributed by atoms with Gasteiger partial charge in [-0.25, -0.2) is 9.97 Å². The summed E-state index contributed by atoms with van der Waals surface area (Å²) in [6.07, 6.45) is 5.27. The van der Waals surface area contributed by atoms with E-state index in [2.05, 4.69) is 116 Å². The number of aromatic amines is 1. The number of nitrogens with one attached hydrogen (secondary N) is 2. The van der Waals surface area contributed by atoms with Gasteiger partial charge in [-0.05, 0) is 82.1 Å². The van der Waals surface area contributed by atoms with Crippen LogP contribution in [0.4, 0.5) is 11.4 Å². The average molecular weight is 865 g/mol. The van der Waals surface area contributed by atoms with Gasteiger partial charge in [-0.15, -0.1) is 0 Å². The number of rotatable bonds is 10. The second-order valence-electron chi connectivity index (χ2n) is 16.4. The molecule has 302 valence electrons. The summed E-state index contributed by atoms with van der Waals surface area (Å²) in [4.78, 5) is 49.7. The van der Waals surface area contributed by atoms with Crippen LogP contribution >= 0.6 is 27.5 Å². The fourth-order valence-corrected chi connectivity index (χ4v) is 9.85. The third kappa shape index (κ3) is 8.96. The van der Waals surface area contributed by atoms with Gasteiger partial charge in [-0.3, -0.25) is 24.7 Å². The minimum atomic E-state index is -0.228. The Kier molecular flexibility index (Phi) is 11.8. The van der Waals surface area contributed by atoms with Crippen LogP contribution in [0, 0.1) is 5.92 Å². The molecule has 6 heterocycles. The lowest BCUT2D eigenvalue weighted by Crippen LogP contribution is -2.48. The zero-order valence-electron chi connectivity index (χ0n) is 32.9. The Hall–Kier alpha value is -4.33. The highest BCUT2D eigenvalue weighted by molar-refractivity contribution is 9.10. The van der Waals surface area contributed by atoms with Crippen LogP contribution in [0.2, 0.25) is 5.02 Å². The van der Waals surface area contributed by atoms with Crippen molar-refractivity contribution in [3.63, 3.8) is 0 Å². The number of halogens is 2. The second kappa shape index (κ2) is 17.5. The number of hydrogen-bond acceptors (Lipinski definition) is 9. The number of piperazine rings is 2. The van der Waals surface area contributed by atoms with Crippen LogP contribution in [0.25, 0.3) is 22.6 Å². The summed E-state index contributed by atoms with van der Waals surface area (Å²) < 4.78 is 0.981.